The molecule has 1 atom stereocenters. The average molecular weight is 306 g/mol. The van der Waals surface area contributed by atoms with E-state index in [1.165, 1.54) is 30.6 Å². The molecule has 7 heteroatoms. The molecule has 122 valence electrons. The van der Waals surface area contributed by atoms with Crippen LogP contribution >= 0.6 is 0 Å². The summed E-state index contributed by atoms with van der Waals surface area (Å²) in [4.78, 5) is 5.91. The van der Waals surface area contributed by atoms with Crippen LogP contribution in [0.1, 0.15) is 44.9 Å². The summed E-state index contributed by atoms with van der Waals surface area (Å²) >= 11 is 0. The van der Waals surface area contributed by atoms with Gasteiger partial charge in [0.05, 0.1) is 12.6 Å². The number of nitrogens with one attached hydrogen (secondary N) is 1. The van der Waals surface area contributed by atoms with Gasteiger partial charge in [0.15, 0.2) is 5.96 Å². The van der Waals surface area contributed by atoms with Crippen LogP contribution in [0.3, 0.4) is 0 Å². The van der Waals surface area contributed by atoms with Crippen molar-refractivity contribution in [3.8, 4) is 0 Å². The summed E-state index contributed by atoms with van der Waals surface area (Å²) in [7, 11) is 0. The van der Waals surface area contributed by atoms with E-state index >= 15 is 0 Å². The standard InChI is InChI=1S/C14H25F3N4/c15-14(16,17)10-21-8-7-12(9-21)20-13(18)19-11-5-3-1-2-4-6-11/h11-12H,1-10H2,(H3,18,19,20). The average Bonchev–Trinajstić information content (AvgIpc) is 2.62. The predicted octanol–water partition coefficient (Wildman–Crippen LogP) is 2.25. The Morgan fingerprint density at radius 2 is 1.81 bits per heavy atom. The maximum atomic E-state index is 12.3. The molecule has 0 aromatic rings. The molecule has 0 aromatic heterocycles. The zero-order valence-corrected chi connectivity index (χ0v) is 12.3. The van der Waals surface area contributed by atoms with Gasteiger partial charge in [0.2, 0.25) is 0 Å². The summed E-state index contributed by atoms with van der Waals surface area (Å²) in [5.74, 6) is 0.390. The molecular formula is C14H25F3N4. The van der Waals surface area contributed by atoms with E-state index in [4.69, 9.17) is 5.73 Å². The smallest absolute Gasteiger partial charge is 0.370 e. The summed E-state index contributed by atoms with van der Waals surface area (Å²) in [6, 6.07) is 0.245. The zero-order valence-electron chi connectivity index (χ0n) is 12.3. The van der Waals surface area contributed by atoms with Crippen LogP contribution in [0.2, 0.25) is 0 Å². The fourth-order valence-electron chi connectivity index (χ4n) is 3.18. The SMILES string of the molecule is NC(=NC1CCCCCC1)NC1CCN(CC(F)(F)F)C1. The largest absolute Gasteiger partial charge is 0.401 e. The van der Waals surface area contributed by atoms with Gasteiger partial charge in [-0.3, -0.25) is 9.89 Å². The summed E-state index contributed by atoms with van der Waals surface area (Å²) < 4.78 is 37.0. The van der Waals surface area contributed by atoms with Crippen LogP contribution in [0.25, 0.3) is 0 Å². The maximum absolute atomic E-state index is 12.3. The molecule has 1 saturated carbocycles. The number of likely N-dealkylation sites (tertiary alicyclic amines) is 1. The molecule has 1 aliphatic heterocycles. The van der Waals surface area contributed by atoms with Crippen LogP contribution in [-0.4, -0.2) is 48.8 Å². The van der Waals surface area contributed by atoms with Gasteiger partial charge in [-0.05, 0) is 19.3 Å². The Morgan fingerprint density at radius 1 is 1.14 bits per heavy atom. The Bertz CT molecular complexity index is 349. The second kappa shape index (κ2) is 7.33. The second-order valence-electron chi connectivity index (χ2n) is 6.14. The monoisotopic (exact) mass is 306 g/mol. The van der Waals surface area contributed by atoms with Crippen molar-refractivity contribution in [2.75, 3.05) is 19.6 Å². The van der Waals surface area contributed by atoms with E-state index < -0.39 is 12.7 Å². The van der Waals surface area contributed by atoms with Gasteiger partial charge in [0.1, 0.15) is 0 Å². The zero-order chi connectivity index (χ0) is 15.3. The predicted molar refractivity (Wildman–Crippen MR) is 77.1 cm³/mol. The number of guanidine groups is 1. The molecule has 1 saturated heterocycles. The van der Waals surface area contributed by atoms with Crippen molar-refractivity contribution in [1.82, 2.24) is 10.2 Å². The van der Waals surface area contributed by atoms with Crippen LogP contribution in [0.5, 0.6) is 0 Å². The number of aliphatic imine (C=N–C) groups is 1. The van der Waals surface area contributed by atoms with Crippen molar-refractivity contribution < 1.29 is 13.2 Å². The van der Waals surface area contributed by atoms with Crippen molar-refractivity contribution in [3.05, 3.63) is 0 Å². The third-order valence-electron chi connectivity index (χ3n) is 4.17. The maximum Gasteiger partial charge on any atom is 0.401 e. The molecule has 2 rings (SSSR count). The van der Waals surface area contributed by atoms with Gasteiger partial charge in [-0.1, -0.05) is 25.7 Å². The number of hydrogen-bond acceptors (Lipinski definition) is 2. The second-order valence-corrected chi connectivity index (χ2v) is 6.14. The van der Waals surface area contributed by atoms with Gasteiger partial charge in [-0.25, -0.2) is 0 Å². The van der Waals surface area contributed by atoms with Gasteiger partial charge in [0, 0.05) is 19.1 Å². The highest BCUT2D eigenvalue weighted by Gasteiger charge is 2.34. The van der Waals surface area contributed by atoms with Crippen LogP contribution < -0.4 is 11.1 Å². The first-order valence-corrected chi connectivity index (χ1v) is 7.81. The lowest BCUT2D eigenvalue weighted by molar-refractivity contribution is -0.143. The molecule has 21 heavy (non-hydrogen) atoms. The fourth-order valence-corrected chi connectivity index (χ4v) is 3.18. The van der Waals surface area contributed by atoms with Crippen molar-refractivity contribution in [2.45, 2.75) is 63.2 Å². The molecule has 1 unspecified atom stereocenters. The molecule has 0 radical (unpaired) electrons. The lowest BCUT2D eigenvalue weighted by atomic mass is 10.1. The van der Waals surface area contributed by atoms with Crippen molar-refractivity contribution in [1.29, 1.82) is 0 Å². The third-order valence-corrected chi connectivity index (χ3v) is 4.17. The molecule has 1 aliphatic carbocycles. The Kier molecular flexibility index (Phi) is 5.72. The summed E-state index contributed by atoms with van der Waals surface area (Å²) in [5, 5.41) is 3.08. The quantitative estimate of drug-likeness (QED) is 0.478. The highest BCUT2D eigenvalue weighted by Crippen LogP contribution is 2.21. The van der Waals surface area contributed by atoms with Crippen LogP contribution in [0, 0.1) is 0 Å². The Labute approximate surface area is 124 Å². The molecule has 4 nitrogen and oxygen atoms in total. The van der Waals surface area contributed by atoms with E-state index in [1.807, 2.05) is 0 Å². The van der Waals surface area contributed by atoms with Gasteiger partial charge in [0.25, 0.3) is 0 Å². The van der Waals surface area contributed by atoms with Crippen LogP contribution in [-0.2, 0) is 0 Å². The Balaban J connectivity index is 1.76. The molecular weight excluding hydrogens is 281 g/mol. The highest BCUT2D eigenvalue weighted by molar-refractivity contribution is 5.78. The van der Waals surface area contributed by atoms with E-state index in [1.54, 1.807) is 0 Å². The number of halogens is 3. The normalized spacial score (nSPS) is 26.8. The Hall–Kier alpha value is -0.980. The lowest BCUT2D eigenvalue weighted by Gasteiger charge is -2.19. The number of hydrogen-bond donors (Lipinski definition) is 2. The van der Waals surface area contributed by atoms with Crippen LogP contribution in [0.15, 0.2) is 4.99 Å². The first-order chi connectivity index (χ1) is 9.92. The summed E-state index contributed by atoms with van der Waals surface area (Å²) in [5.41, 5.74) is 5.91. The molecule has 0 spiro atoms. The van der Waals surface area contributed by atoms with Gasteiger partial charge in [-0.15, -0.1) is 0 Å². The van der Waals surface area contributed by atoms with E-state index in [9.17, 15) is 13.2 Å². The van der Waals surface area contributed by atoms with Crippen molar-refractivity contribution in [3.63, 3.8) is 0 Å². The Morgan fingerprint density at radius 3 is 2.43 bits per heavy atom. The van der Waals surface area contributed by atoms with E-state index in [0.29, 0.717) is 25.5 Å². The first kappa shape index (κ1) is 16.4. The summed E-state index contributed by atoms with van der Waals surface area (Å²) in [6.07, 6.45) is 3.56. The topological polar surface area (TPSA) is 53.6 Å². The molecule has 0 aromatic carbocycles. The van der Waals surface area contributed by atoms with Crippen LogP contribution in [0.4, 0.5) is 13.2 Å². The number of nitrogens with two attached hydrogens (primary N) is 1. The molecule has 0 amide bonds. The van der Waals surface area contributed by atoms with Gasteiger partial charge < -0.3 is 11.1 Å². The van der Waals surface area contributed by atoms with E-state index in [0.717, 1.165) is 12.8 Å². The van der Waals surface area contributed by atoms with Crippen molar-refractivity contribution in [2.24, 2.45) is 10.7 Å². The minimum atomic E-state index is -4.13. The molecule has 1 heterocycles. The van der Waals surface area contributed by atoms with E-state index in [2.05, 4.69) is 10.3 Å². The number of rotatable bonds is 3. The molecule has 2 aliphatic rings. The van der Waals surface area contributed by atoms with Crippen molar-refractivity contribution >= 4 is 5.96 Å². The fraction of sp³-hybridized carbons (Fsp3) is 0.929. The number of alkyl halides is 3. The number of nitrogens with zero attached hydrogens (tertiary/aromatic N) is 2. The van der Waals surface area contributed by atoms with E-state index in [-0.39, 0.29) is 12.1 Å². The minimum absolute atomic E-state index is 0.0260. The summed E-state index contributed by atoms with van der Waals surface area (Å²) in [6.45, 7) is -0.0147. The molecule has 3 N–H and O–H groups in total. The molecule has 0 bridgehead atoms. The molecule has 2 fully saturated rings. The lowest BCUT2D eigenvalue weighted by Crippen LogP contribution is -2.43. The van der Waals surface area contributed by atoms with Gasteiger partial charge >= 0.3 is 6.18 Å². The van der Waals surface area contributed by atoms with Gasteiger partial charge in [-0.2, -0.15) is 13.2 Å². The first-order valence-electron chi connectivity index (χ1n) is 7.81. The minimum Gasteiger partial charge on any atom is -0.370 e. The third kappa shape index (κ3) is 6.11. The highest BCUT2D eigenvalue weighted by atomic mass is 19.4.